The fraction of sp³-hybridized carbons (Fsp3) is 0.750. The third-order valence-electron chi connectivity index (χ3n) is 6.83. The molecule has 1 aromatic carbocycles. The van der Waals surface area contributed by atoms with Gasteiger partial charge in [0.2, 0.25) is 0 Å². The van der Waals surface area contributed by atoms with Gasteiger partial charge >= 0.3 is 0 Å². The molecule has 4 atom stereocenters. The van der Waals surface area contributed by atoms with E-state index in [4.69, 9.17) is 4.74 Å². The predicted octanol–water partition coefficient (Wildman–Crippen LogP) is 7.94. The Morgan fingerprint density at radius 3 is 2.21 bits per heavy atom. The molecule has 1 aliphatic carbocycles. The van der Waals surface area contributed by atoms with Gasteiger partial charge in [-0.15, -0.1) is 0 Å². The number of hydrogen-bond donors (Lipinski definition) is 0. The Kier molecular flexibility index (Phi) is 7.63. The highest BCUT2D eigenvalue weighted by Crippen LogP contribution is 2.49. The molecule has 2 fully saturated rings. The van der Waals surface area contributed by atoms with E-state index in [1.165, 1.54) is 12.1 Å². The first-order valence-electron chi connectivity index (χ1n) is 11.3. The summed E-state index contributed by atoms with van der Waals surface area (Å²) in [5.74, 6) is -5.93. The van der Waals surface area contributed by atoms with Crippen LogP contribution in [0.4, 0.5) is 17.6 Å². The zero-order valence-electron chi connectivity index (χ0n) is 17.7. The van der Waals surface area contributed by atoms with Crippen LogP contribution in [0, 0.1) is 23.5 Å². The van der Waals surface area contributed by atoms with Gasteiger partial charge in [0.05, 0.1) is 18.6 Å². The van der Waals surface area contributed by atoms with Gasteiger partial charge < -0.3 is 4.74 Å². The van der Waals surface area contributed by atoms with Gasteiger partial charge in [0.15, 0.2) is 11.6 Å². The molecular formula is C24H34F4O. The molecule has 1 saturated carbocycles. The Hall–Kier alpha value is -1.10. The molecule has 1 saturated heterocycles. The maximum Gasteiger partial charge on any atom is 0.255 e. The molecule has 1 nitrogen and oxygen atoms in total. The summed E-state index contributed by atoms with van der Waals surface area (Å²) in [4.78, 5) is 0. The number of hydrogen-bond acceptors (Lipinski definition) is 1. The Balaban J connectivity index is 1.73. The monoisotopic (exact) mass is 414 g/mol. The highest BCUT2D eigenvalue weighted by atomic mass is 19.3. The van der Waals surface area contributed by atoms with Gasteiger partial charge in [-0.05, 0) is 49.5 Å². The van der Waals surface area contributed by atoms with E-state index < -0.39 is 29.6 Å². The first kappa shape index (κ1) is 22.6. The highest BCUT2D eigenvalue weighted by Gasteiger charge is 2.47. The van der Waals surface area contributed by atoms with Crippen LogP contribution >= 0.6 is 0 Å². The van der Waals surface area contributed by atoms with Crippen LogP contribution in [-0.2, 0) is 4.74 Å². The number of unbranched alkanes of at least 4 members (excludes halogenated alkanes) is 1. The van der Waals surface area contributed by atoms with Crippen LogP contribution in [0.25, 0.3) is 0 Å². The third kappa shape index (κ3) is 5.15. The van der Waals surface area contributed by atoms with Crippen LogP contribution in [0.3, 0.4) is 0 Å². The Morgan fingerprint density at radius 1 is 0.897 bits per heavy atom. The second-order valence-electron chi connectivity index (χ2n) is 9.03. The summed E-state index contributed by atoms with van der Waals surface area (Å²) in [5, 5.41) is 0. The molecule has 164 valence electrons. The minimum absolute atomic E-state index is 0.0277. The molecule has 0 spiro atoms. The van der Waals surface area contributed by atoms with Gasteiger partial charge in [-0.3, -0.25) is 0 Å². The molecule has 0 radical (unpaired) electrons. The molecule has 0 amide bonds. The van der Waals surface area contributed by atoms with E-state index in [-0.39, 0.29) is 29.9 Å². The first-order valence-corrected chi connectivity index (χ1v) is 11.3. The molecule has 4 unspecified atom stereocenters. The van der Waals surface area contributed by atoms with Gasteiger partial charge in [0.25, 0.3) is 5.92 Å². The summed E-state index contributed by atoms with van der Waals surface area (Å²) in [5.41, 5.74) is -0.00833. The Labute approximate surface area is 172 Å². The van der Waals surface area contributed by atoms with E-state index in [1.807, 2.05) is 6.92 Å². The lowest BCUT2D eigenvalue weighted by atomic mass is 9.74. The summed E-state index contributed by atoms with van der Waals surface area (Å²) >= 11 is 0. The second-order valence-corrected chi connectivity index (χ2v) is 9.03. The van der Waals surface area contributed by atoms with Gasteiger partial charge in [-0.2, -0.15) is 0 Å². The normalized spacial score (nSPS) is 29.7. The smallest absolute Gasteiger partial charge is 0.255 e. The molecule has 0 bridgehead atoms. The van der Waals surface area contributed by atoms with Crippen LogP contribution in [-0.4, -0.2) is 12.5 Å². The lowest BCUT2D eigenvalue weighted by molar-refractivity contribution is -0.0747. The van der Waals surface area contributed by atoms with Crippen molar-refractivity contribution in [1.29, 1.82) is 0 Å². The maximum atomic E-state index is 14.9. The quantitative estimate of drug-likeness (QED) is 0.411. The van der Waals surface area contributed by atoms with Crippen molar-refractivity contribution < 1.29 is 22.3 Å². The molecule has 1 heterocycles. The molecule has 5 heteroatoms. The van der Waals surface area contributed by atoms with Gasteiger partial charge in [-0.1, -0.05) is 51.7 Å². The van der Waals surface area contributed by atoms with E-state index >= 15 is 0 Å². The lowest BCUT2D eigenvalue weighted by Crippen LogP contribution is -2.35. The van der Waals surface area contributed by atoms with Crippen LogP contribution in [0.5, 0.6) is 0 Å². The molecule has 0 N–H and O–H groups in total. The van der Waals surface area contributed by atoms with Crippen molar-refractivity contribution >= 4 is 0 Å². The van der Waals surface area contributed by atoms with Crippen molar-refractivity contribution in [1.82, 2.24) is 0 Å². The molecular weight excluding hydrogens is 380 g/mol. The van der Waals surface area contributed by atoms with E-state index in [2.05, 4.69) is 6.92 Å². The number of rotatable bonds is 7. The van der Waals surface area contributed by atoms with Crippen LogP contribution in [0.1, 0.15) is 101 Å². The molecule has 29 heavy (non-hydrogen) atoms. The summed E-state index contributed by atoms with van der Waals surface area (Å²) in [6.07, 6.45) is 6.53. The van der Waals surface area contributed by atoms with Crippen molar-refractivity contribution in [3.8, 4) is 0 Å². The minimum Gasteiger partial charge on any atom is -0.373 e. The van der Waals surface area contributed by atoms with Gasteiger partial charge in [-0.25, -0.2) is 17.6 Å². The zero-order valence-corrected chi connectivity index (χ0v) is 17.7. The average Bonchev–Trinajstić information content (AvgIpc) is 2.69. The number of halogens is 4. The fourth-order valence-electron chi connectivity index (χ4n) is 5.15. The summed E-state index contributed by atoms with van der Waals surface area (Å²) in [6, 6.07) is 2.85. The van der Waals surface area contributed by atoms with Crippen molar-refractivity contribution in [3.05, 3.63) is 34.9 Å². The summed E-state index contributed by atoms with van der Waals surface area (Å²) < 4.78 is 65.1. The minimum atomic E-state index is -3.00. The van der Waals surface area contributed by atoms with Gasteiger partial charge in [0, 0.05) is 12.0 Å². The third-order valence-corrected chi connectivity index (χ3v) is 6.83. The molecule has 1 aliphatic heterocycles. The number of alkyl halides is 2. The summed E-state index contributed by atoms with van der Waals surface area (Å²) in [6.45, 7) is 4.71. The molecule has 3 rings (SSSR count). The van der Waals surface area contributed by atoms with Crippen molar-refractivity contribution in [3.63, 3.8) is 0 Å². The largest absolute Gasteiger partial charge is 0.373 e. The fourth-order valence-corrected chi connectivity index (χ4v) is 5.15. The predicted molar refractivity (Wildman–Crippen MR) is 107 cm³/mol. The van der Waals surface area contributed by atoms with Crippen molar-refractivity contribution in [2.24, 2.45) is 11.8 Å². The topological polar surface area (TPSA) is 9.23 Å². The Bertz CT molecular complexity index is 667. The first-order chi connectivity index (χ1) is 13.9. The maximum absolute atomic E-state index is 14.9. The van der Waals surface area contributed by atoms with E-state index in [0.29, 0.717) is 25.4 Å². The zero-order chi connectivity index (χ0) is 21.0. The highest BCUT2D eigenvalue weighted by molar-refractivity contribution is 5.32. The van der Waals surface area contributed by atoms with E-state index in [0.717, 1.165) is 38.5 Å². The van der Waals surface area contributed by atoms with Crippen LogP contribution in [0.2, 0.25) is 0 Å². The number of benzene rings is 1. The average molecular weight is 415 g/mol. The van der Waals surface area contributed by atoms with Crippen LogP contribution < -0.4 is 0 Å². The van der Waals surface area contributed by atoms with Crippen LogP contribution in [0.15, 0.2) is 12.1 Å². The SMILES string of the molecule is CCCCC1CCC(c2ccc(C3CCC(CCC)CO3)c(F)c2F)C(F)(F)C1. The van der Waals surface area contributed by atoms with Gasteiger partial charge in [0.1, 0.15) is 0 Å². The summed E-state index contributed by atoms with van der Waals surface area (Å²) in [7, 11) is 0. The van der Waals surface area contributed by atoms with E-state index in [9.17, 15) is 17.6 Å². The number of ether oxygens (including phenoxy) is 1. The molecule has 0 aromatic heterocycles. The second kappa shape index (κ2) is 9.80. The standard InChI is InChI=1S/C24H34F4O/c1-3-5-7-16-8-12-20(24(27,28)14-16)18-10-11-19(23(26)22(18)25)21-13-9-17(6-4-2)15-29-21/h10-11,16-17,20-21H,3-9,12-15H2,1-2H3. The molecule has 1 aromatic rings. The molecule has 2 aliphatic rings. The van der Waals surface area contributed by atoms with Crippen molar-refractivity contribution in [2.75, 3.05) is 6.61 Å². The van der Waals surface area contributed by atoms with E-state index in [1.54, 1.807) is 0 Å². The van der Waals surface area contributed by atoms with Crippen molar-refractivity contribution in [2.45, 2.75) is 96.0 Å². The lowest BCUT2D eigenvalue weighted by Gasteiger charge is -2.37. The Morgan fingerprint density at radius 2 is 1.59 bits per heavy atom.